The molecule has 15 heavy (non-hydrogen) atoms. The summed E-state index contributed by atoms with van der Waals surface area (Å²) in [7, 11) is 0. The van der Waals surface area contributed by atoms with Crippen molar-refractivity contribution in [3.05, 3.63) is 0 Å². The first kappa shape index (κ1) is 14.6. The predicted molar refractivity (Wildman–Crippen MR) is 65.9 cm³/mol. The lowest BCUT2D eigenvalue weighted by atomic mass is 9.77. The fraction of sp³-hybridized carbons (Fsp3) is 0.909. The zero-order chi connectivity index (χ0) is 12.3. The first-order valence-electron chi connectivity index (χ1n) is 5.18. The minimum absolute atomic E-state index is 0.00917. The minimum Gasteiger partial charge on any atom is -0.378 e. The summed E-state index contributed by atoms with van der Waals surface area (Å²) in [6, 6.07) is 0.0807. The zero-order valence-corrected chi connectivity index (χ0v) is 11.4. The van der Waals surface area contributed by atoms with Crippen LogP contribution in [0, 0.1) is 10.8 Å². The van der Waals surface area contributed by atoms with Crippen molar-refractivity contribution in [2.45, 2.75) is 54.0 Å². The molecule has 0 saturated heterocycles. The van der Waals surface area contributed by atoms with Crippen LogP contribution in [0.3, 0.4) is 0 Å². The van der Waals surface area contributed by atoms with Crippen LogP contribution in [0.15, 0.2) is 0 Å². The second-order valence-corrected chi connectivity index (χ2v) is 6.39. The normalized spacial score (nSPS) is 14.6. The molecule has 0 heterocycles. The maximum Gasteiger partial charge on any atom is 0.419 e. The standard InChI is InChI=1S/C11H23NO2S/c1-10(2,3)7-8(11(4,5)6)12-9(13)14-15/h8,15H,7H2,1-6H3,(H,12,13). The first-order valence-corrected chi connectivity index (χ1v) is 5.55. The van der Waals surface area contributed by atoms with Gasteiger partial charge in [-0.2, -0.15) is 0 Å². The van der Waals surface area contributed by atoms with E-state index in [0.29, 0.717) is 0 Å². The van der Waals surface area contributed by atoms with Crippen LogP contribution >= 0.6 is 12.9 Å². The molecule has 4 heteroatoms. The molecule has 1 N–H and O–H groups in total. The highest BCUT2D eigenvalue weighted by Gasteiger charge is 2.30. The molecular weight excluding hydrogens is 210 g/mol. The molecule has 0 aromatic rings. The Morgan fingerprint density at radius 2 is 1.73 bits per heavy atom. The summed E-state index contributed by atoms with van der Waals surface area (Å²) in [6.45, 7) is 12.8. The van der Waals surface area contributed by atoms with Crippen LogP contribution in [-0.4, -0.2) is 12.1 Å². The average Bonchev–Trinajstić information content (AvgIpc) is 1.98. The largest absolute Gasteiger partial charge is 0.419 e. The minimum atomic E-state index is -0.484. The van der Waals surface area contributed by atoms with Crippen LogP contribution in [0.1, 0.15) is 48.0 Å². The fourth-order valence-electron chi connectivity index (χ4n) is 1.35. The Bertz CT molecular complexity index is 216. The maximum atomic E-state index is 11.1. The van der Waals surface area contributed by atoms with E-state index in [4.69, 9.17) is 0 Å². The monoisotopic (exact) mass is 233 g/mol. The Morgan fingerprint density at radius 1 is 1.27 bits per heavy atom. The van der Waals surface area contributed by atoms with E-state index in [1.165, 1.54) is 0 Å². The molecule has 0 aliphatic rings. The van der Waals surface area contributed by atoms with Crippen LogP contribution in [0.2, 0.25) is 0 Å². The highest BCUT2D eigenvalue weighted by Crippen LogP contribution is 2.30. The van der Waals surface area contributed by atoms with Crippen LogP contribution in [0.25, 0.3) is 0 Å². The highest BCUT2D eigenvalue weighted by molar-refractivity contribution is 7.75. The number of amides is 1. The van der Waals surface area contributed by atoms with E-state index in [9.17, 15) is 4.79 Å². The Morgan fingerprint density at radius 3 is 2.00 bits per heavy atom. The van der Waals surface area contributed by atoms with E-state index in [-0.39, 0.29) is 16.9 Å². The van der Waals surface area contributed by atoms with Crippen LogP contribution in [-0.2, 0) is 4.18 Å². The molecule has 0 radical (unpaired) electrons. The Balaban J connectivity index is 4.54. The second kappa shape index (κ2) is 5.10. The van der Waals surface area contributed by atoms with Crippen molar-refractivity contribution in [2.75, 3.05) is 0 Å². The van der Waals surface area contributed by atoms with E-state index in [2.05, 4.69) is 64.0 Å². The van der Waals surface area contributed by atoms with Gasteiger partial charge in [0.25, 0.3) is 0 Å². The number of nitrogens with one attached hydrogen (secondary N) is 1. The predicted octanol–water partition coefficient (Wildman–Crippen LogP) is 3.41. The number of hydrogen-bond donors (Lipinski definition) is 2. The molecule has 1 atom stereocenters. The number of carbonyl (C=O) groups excluding carboxylic acids is 1. The van der Waals surface area contributed by atoms with Gasteiger partial charge < -0.3 is 9.50 Å². The third kappa shape index (κ3) is 6.66. The van der Waals surface area contributed by atoms with Gasteiger partial charge in [0.05, 0.1) is 0 Å². The number of rotatable bonds is 2. The molecule has 0 aliphatic carbocycles. The van der Waals surface area contributed by atoms with Gasteiger partial charge in [0.15, 0.2) is 0 Å². The van der Waals surface area contributed by atoms with Crippen LogP contribution in [0.5, 0.6) is 0 Å². The molecule has 3 nitrogen and oxygen atoms in total. The third-order valence-corrected chi connectivity index (χ3v) is 2.40. The Kier molecular flexibility index (Phi) is 4.97. The smallest absolute Gasteiger partial charge is 0.378 e. The lowest BCUT2D eigenvalue weighted by Crippen LogP contribution is -2.45. The zero-order valence-electron chi connectivity index (χ0n) is 10.5. The van der Waals surface area contributed by atoms with Gasteiger partial charge in [-0.3, -0.25) is 0 Å². The number of carbonyl (C=O) groups is 1. The topological polar surface area (TPSA) is 38.3 Å². The molecule has 0 saturated carbocycles. The van der Waals surface area contributed by atoms with E-state index in [1.807, 2.05) is 0 Å². The third-order valence-electron chi connectivity index (χ3n) is 2.24. The lowest BCUT2D eigenvalue weighted by molar-refractivity contribution is 0.166. The highest BCUT2D eigenvalue weighted by atomic mass is 32.1. The summed E-state index contributed by atoms with van der Waals surface area (Å²) in [5.74, 6) is 0. The molecular formula is C11H23NO2S. The molecule has 0 fully saturated rings. The number of hydrogen-bond acceptors (Lipinski definition) is 3. The molecule has 0 aromatic heterocycles. The molecule has 0 bridgehead atoms. The van der Waals surface area contributed by atoms with Crippen molar-refractivity contribution in [1.82, 2.24) is 5.32 Å². The number of thiol groups is 1. The molecule has 0 aromatic carbocycles. The summed E-state index contributed by atoms with van der Waals surface area (Å²) in [6.07, 6.45) is 0.418. The van der Waals surface area contributed by atoms with E-state index >= 15 is 0 Å². The molecule has 1 amide bonds. The van der Waals surface area contributed by atoms with Gasteiger partial charge >= 0.3 is 6.09 Å². The maximum absolute atomic E-state index is 11.1. The van der Waals surface area contributed by atoms with Crippen molar-refractivity contribution in [2.24, 2.45) is 10.8 Å². The molecule has 0 rings (SSSR count). The SMILES string of the molecule is CC(C)(C)CC(NC(=O)OS)C(C)(C)C. The molecule has 0 aliphatic heterocycles. The van der Waals surface area contributed by atoms with E-state index in [1.54, 1.807) is 0 Å². The van der Waals surface area contributed by atoms with Crippen molar-refractivity contribution in [3.63, 3.8) is 0 Å². The average molecular weight is 233 g/mol. The van der Waals surface area contributed by atoms with Gasteiger partial charge in [0.1, 0.15) is 0 Å². The first-order chi connectivity index (χ1) is 6.56. The van der Waals surface area contributed by atoms with Gasteiger partial charge in [-0.15, -0.1) is 0 Å². The van der Waals surface area contributed by atoms with Crippen molar-refractivity contribution in [1.29, 1.82) is 0 Å². The summed E-state index contributed by atoms with van der Waals surface area (Å²) in [5.41, 5.74) is 0.178. The summed E-state index contributed by atoms with van der Waals surface area (Å²) >= 11 is 3.49. The van der Waals surface area contributed by atoms with Crippen molar-refractivity contribution >= 4 is 19.0 Å². The lowest BCUT2D eigenvalue weighted by Gasteiger charge is -2.35. The second-order valence-electron chi connectivity index (χ2n) is 6.21. The van der Waals surface area contributed by atoms with Crippen molar-refractivity contribution < 1.29 is 8.98 Å². The van der Waals surface area contributed by atoms with Crippen molar-refractivity contribution in [3.8, 4) is 0 Å². The van der Waals surface area contributed by atoms with Gasteiger partial charge in [-0.1, -0.05) is 41.5 Å². The molecule has 0 spiro atoms. The summed E-state index contributed by atoms with van der Waals surface area (Å²) in [4.78, 5) is 11.1. The fourth-order valence-corrected chi connectivity index (χ4v) is 1.41. The van der Waals surface area contributed by atoms with Gasteiger partial charge in [0, 0.05) is 19.0 Å². The Hall–Kier alpha value is -0.380. The van der Waals surface area contributed by atoms with Crippen LogP contribution < -0.4 is 5.32 Å². The van der Waals surface area contributed by atoms with E-state index < -0.39 is 6.09 Å². The quantitative estimate of drug-likeness (QED) is 0.566. The van der Waals surface area contributed by atoms with Gasteiger partial charge in [-0.25, -0.2) is 4.79 Å². The molecule has 90 valence electrons. The van der Waals surface area contributed by atoms with E-state index in [0.717, 1.165) is 6.42 Å². The Labute approximate surface area is 98.6 Å². The summed E-state index contributed by atoms with van der Waals surface area (Å²) in [5, 5.41) is 2.83. The summed E-state index contributed by atoms with van der Waals surface area (Å²) < 4.78 is 4.33. The molecule has 1 unspecified atom stereocenters. The van der Waals surface area contributed by atoms with Gasteiger partial charge in [0.2, 0.25) is 0 Å². The van der Waals surface area contributed by atoms with Crippen LogP contribution in [0.4, 0.5) is 4.79 Å². The van der Waals surface area contributed by atoms with Gasteiger partial charge in [-0.05, 0) is 17.3 Å².